The molecule has 13 heteroatoms. The van der Waals surface area contributed by atoms with Crippen LogP contribution in [0.3, 0.4) is 0 Å². The maximum atomic E-state index is 13.2. The van der Waals surface area contributed by atoms with Gasteiger partial charge in [-0.05, 0) is 31.3 Å². The summed E-state index contributed by atoms with van der Waals surface area (Å²) in [7, 11) is -1.97. The molecule has 3 heterocycles. The fraction of sp³-hybridized carbons (Fsp3) is 0.304. The summed E-state index contributed by atoms with van der Waals surface area (Å²) in [4.78, 5) is 28.6. The van der Waals surface area contributed by atoms with E-state index in [4.69, 9.17) is 0 Å². The third kappa shape index (κ3) is 4.32. The van der Waals surface area contributed by atoms with Crippen molar-refractivity contribution >= 4 is 33.1 Å². The van der Waals surface area contributed by atoms with Crippen molar-refractivity contribution in [3.05, 3.63) is 75.5 Å². The van der Waals surface area contributed by atoms with Crippen LogP contribution in [0.15, 0.2) is 53.4 Å². The fourth-order valence-electron chi connectivity index (χ4n) is 4.43. The van der Waals surface area contributed by atoms with Crippen LogP contribution in [-0.2, 0) is 23.1 Å². The zero-order chi connectivity index (χ0) is 25.4. The number of piperazine rings is 1. The first-order chi connectivity index (χ1) is 17.3. The maximum Gasteiger partial charge on any atom is 0.293 e. The quantitative estimate of drug-likeness (QED) is 0.373. The van der Waals surface area contributed by atoms with E-state index in [0.717, 1.165) is 17.2 Å². The zero-order valence-electron chi connectivity index (χ0n) is 19.5. The summed E-state index contributed by atoms with van der Waals surface area (Å²) >= 11 is 0. The molecule has 1 saturated heterocycles. The summed E-state index contributed by atoms with van der Waals surface area (Å²) < 4.78 is 27.3. The van der Waals surface area contributed by atoms with Crippen LogP contribution in [0.1, 0.15) is 21.6 Å². The molecule has 0 radical (unpaired) electrons. The highest BCUT2D eigenvalue weighted by Gasteiger charge is 2.31. The average Bonchev–Trinajstić information content (AvgIpc) is 3.49. The lowest BCUT2D eigenvalue weighted by molar-refractivity contribution is -0.384. The van der Waals surface area contributed by atoms with Crippen LogP contribution < -0.4 is 15.5 Å². The normalized spacial score (nSPS) is 16.1. The number of rotatable bonds is 6. The first-order valence-corrected chi connectivity index (χ1v) is 12.8. The molecule has 12 nitrogen and oxygen atoms in total. The molecule has 2 aliphatic heterocycles. The highest BCUT2D eigenvalue weighted by atomic mass is 32.2. The SMILES string of the molecule is CN1CCN(c2ccc(C(=O)Nc3nn(S(=O)(=O)c4ccccc4)c4c3CNC4)cc2[N+](=O)[O-])CC1. The van der Waals surface area contributed by atoms with E-state index in [9.17, 15) is 23.3 Å². The second-order valence-electron chi connectivity index (χ2n) is 8.74. The van der Waals surface area contributed by atoms with E-state index in [1.165, 1.54) is 24.3 Å². The minimum Gasteiger partial charge on any atom is -0.363 e. The molecule has 2 N–H and O–H groups in total. The topological polar surface area (TPSA) is 143 Å². The number of anilines is 2. The number of hydrogen-bond acceptors (Lipinski definition) is 9. The van der Waals surface area contributed by atoms with E-state index in [-0.39, 0.29) is 28.5 Å². The van der Waals surface area contributed by atoms with E-state index in [2.05, 4.69) is 20.6 Å². The second kappa shape index (κ2) is 9.33. The van der Waals surface area contributed by atoms with E-state index >= 15 is 0 Å². The number of carbonyl (C=O) groups is 1. The van der Waals surface area contributed by atoms with Crippen LogP contribution in [0.4, 0.5) is 17.2 Å². The summed E-state index contributed by atoms with van der Waals surface area (Å²) in [6.45, 7) is 3.47. The first-order valence-electron chi connectivity index (χ1n) is 11.4. The number of nitro groups is 1. The monoisotopic (exact) mass is 511 g/mol. The van der Waals surface area contributed by atoms with Gasteiger partial charge in [0.2, 0.25) is 0 Å². The molecule has 1 amide bonds. The van der Waals surface area contributed by atoms with Gasteiger partial charge in [-0.15, -0.1) is 5.10 Å². The Morgan fingerprint density at radius 3 is 2.50 bits per heavy atom. The number of aromatic nitrogens is 2. The van der Waals surface area contributed by atoms with Crippen LogP contribution in [0.2, 0.25) is 0 Å². The number of amides is 1. The Hall–Kier alpha value is -3.81. The summed E-state index contributed by atoms with van der Waals surface area (Å²) in [5.74, 6) is -0.509. The van der Waals surface area contributed by atoms with Crippen molar-refractivity contribution in [3.8, 4) is 0 Å². The van der Waals surface area contributed by atoms with E-state index in [1.807, 2.05) is 11.9 Å². The average molecular weight is 512 g/mol. The molecule has 1 aromatic heterocycles. The Labute approximate surface area is 207 Å². The molecule has 5 rings (SSSR count). The highest BCUT2D eigenvalue weighted by molar-refractivity contribution is 7.89. The molecule has 0 unspecified atom stereocenters. The lowest BCUT2D eigenvalue weighted by atomic mass is 10.1. The molecule has 0 saturated carbocycles. The van der Waals surface area contributed by atoms with Crippen LogP contribution >= 0.6 is 0 Å². The predicted octanol–water partition coefficient (Wildman–Crippen LogP) is 1.64. The van der Waals surface area contributed by atoms with Crippen molar-refractivity contribution in [2.75, 3.05) is 43.4 Å². The van der Waals surface area contributed by atoms with Crippen LogP contribution in [0.5, 0.6) is 0 Å². The van der Waals surface area contributed by atoms with Crippen molar-refractivity contribution in [1.29, 1.82) is 0 Å². The first kappa shape index (κ1) is 23.9. The lowest BCUT2D eigenvalue weighted by Crippen LogP contribution is -2.44. The second-order valence-corrected chi connectivity index (χ2v) is 10.5. The summed E-state index contributed by atoms with van der Waals surface area (Å²) in [6, 6.07) is 12.3. The Balaban J connectivity index is 1.44. The van der Waals surface area contributed by atoms with E-state index < -0.39 is 20.9 Å². The number of fused-ring (bicyclic) bond motifs is 1. The molecule has 0 aliphatic carbocycles. The molecule has 0 atom stereocenters. The van der Waals surface area contributed by atoms with Gasteiger partial charge in [-0.2, -0.15) is 12.5 Å². The van der Waals surface area contributed by atoms with Crippen molar-refractivity contribution in [3.63, 3.8) is 0 Å². The number of nitro benzene ring substituents is 1. The Morgan fingerprint density at radius 2 is 1.81 bits per heavy atom. The predicted molar refractivity (Wildman–Crippen MR) is 133 cm³/mol. The zero-order valence-corrected chi connectivity index (χ0v) is 20.4. The smallest absolute Gasteiger partial charge is 0.293 e. The van der Waals surface area contributed by atoms with Crippen molar-refractivity contribution in [1.82, 2.24) is 19.4 Å². The van der Waals surface area contributed by atoms with Gasteiger partial charge in [0.1, 0.15) is 5.69 Å². The van der Waals surface area contributed by atoms with Gasteiger partial charge >= 0.3 is 0 Å². The highest BCUT2D eigenvalue weighted by Crippen LogP contribution is 2.31. The number of carbonyl (C=O) groups excluding carboxylic acids is 1. The molecule has 1 fully saturated rings. The minimum atomic E-state index is -3.97. The minimum absolute atomic E-state index is 0.0789. The van der Waals surface area contributed by atoms with Crippen LogP contribution in [-0.4, -0.2) is 66.6 Å². The van der Waals surface area contributed by atoms with Gasteiger partial charge in [-0.25, -0.2) is 0 Å². The molecular weight excluding hydrogens is 486 g/mol. The number of benzene rings is 2. The molecule has 188 valence electrons. The Morgan fingerprint density at radius 1 is 1.08 bits per heavy atom. The summed E-state index contributed by atoms with van der Waals surface area (Å²) in [5.41, 5.74) is 1.39. The van der Waals surface area contributed by atoms with Crippen LogP contribution in [0.25, 0.3) is 0 Å². The molecule has 0 bridgehead atoms. The Kier molecular flexibility index (Phi) is 6.20. The third-order valence-electron chi connectivity index (χ3n) is 6.43. The van der Waals surface area contributed by atoms with Crippen molar-refractivity contribution in [2.24, 2.45) is 0 Å². The van der Waals surface area contributed by atoms with Gasteiger partial charge < -0.3 is 20.4 Å². The molecule has 0 spiro atoms. The van der Waals surface area contributed by atoms with E-state index in [1.54, 1.807) is 24.3 Å². The molecule has 2 aliphatic rings. The van der Waals surface area contributed by atoms with Crippen LogP contribution in [0, 0.1) is 10.1 Å². The number of nitrogens with one attached hydrogen (secondary N) is 2. The van der Waals surface area contributed by atoms with Crippen molar-refractivity contribution in [2.45, 2.75) is 18.0 Å². The summed E-state index contributed by atoms with van der Waals surface area (Å²) in [5, 5.41) is 21.8. The van der Waals surface area contributed by atoms with Gasteiger partial charge in [0.05, 0.1) is 15.5 Å². The number of likely N-dealkylation sites (N-methyl/N-ethyl adjacent to an activating group) is 1. The van der Waals surface area contributed by atoms with Gasteiger partial charge in [-0.1, -0.05) is 18.2 Å². The van der Waals surface area contributed by atoms with Gasteiger partial charge in [0.25, 0.3) is 21.6 Å². The van der Waals surface area contributed by atoms with Gasteiger partial charge in [-0.3, -0.25) is 14.9 Å². The van der Waals surface area contributed by atoms with Gasteiger partial charge in [0, 0.05) is 56.5 Å². The molecule has 36 heavy (non-hydrogen) atoms. The standard InChI is InChI=1S/C23H25N7O5S/c1-27-9-11-28(12-10-27)19-8-7-16(13-20(19)30(32)33)23(31)25-22-18-14-24-15-21(18)29(26-22)36(34,35)17-5-3-2-4-6-17/h2-8,13,24H,9-12,14-15H2,1H3,(H,25,26,31). The van der Waals surface area contributed by atoms with E-state index in [0.29, 0.717) is 36.6 Å². The largest absolute Gasteiger partial charge is 0.363 e. The van der Waals surface area contributed by atoms with Gasteiger partial charge in [0.15, 0.2) is 5.82 Å². The lowest BCUT2D eigenvalue weighted by Gasteiger charge is -2.33. The molecule has 3 aromatic rings. The summed E-state index contributed by atoms with van der Waals surface area (Å²) in [6.07, 6.45) is 0. The third-order valence-corrected chi connectivity index (χ3v) is 8.05. The fourth-order valence-corrected chi connectivity index (χ4v) is 5.78. The number of hydrogen-bond donors (Lipinski definition) is 2. The van der Waals surface area contributed by atoms with Crippen molar-refractivity contribution < 1.29 is 18.1 Å². The molecular formula is C23H25N7O5S. The maximum absolute atomic E-state index is 13.2. The Bertz CT molecular complexity index is 1430. The number of nitrogens with zero attached hydrogens (tertiary/aromatic N) is 5. The molecule has 2 aromatic carbocycles.